The van der Waals surface area contributed by atoms with Crippen LogP contribution in [0, 0.1) is 0 Å². The van der Waals surface area contributed by atoms with Crippen LogP contribution in [0.15, 0.2) is 182 Å². The van der Waals surface area contributed by atoms with Crippen LogP contribution in [0.4, 0.5) is 0 Å². The molecule has 0 aliphatic rings. The number of carbonyl (C=O) groups excluding carboxylic acids is 2. The van der Waals surface area contributed by atoms with Crippen LogP contribution in [0.25, 0.3) is 0 Å². The van der Waals surface area contributed by atoms with Crippen molar-refractivity contribution in [1.29, 1.82) is 0 Å². The Morgan fingerprint density at radius 1 is 0.302 bits per heavy atom. The van der Waals surface area contributed by atoms with Gasteiger partial charge in [0.2, 0.25) is 0 Å². The van der Waals surface area contributed by atoms with Gasteiger partial charge in [0.25, 0.3) is 0 Å². The zero-order valence-electron chi connectivity index (χ0n) is 23.8. The van der Waals surface area contributed by atoms with Crippen LogP contribution in [-0.4, -0.2) is 11.6 Å². The normalized spacial score (nSPS) is 11.5. The molecular formula is C41H32O2. The number of ketones is 2. The monoisotopic (exact) mass is 556 g/mol. The van der Waals surface area contributed by atoms with Crippen LogP contribution in [0.3, 0.4) is 0 Å². The van der Waals surface area contributed by atoms with Gasteiger partial charge in [-0.1, -0.05) is 182 Å². The van der Waals surface area contributed by atoms with E-state index in [-0.39, 0.29) is 18.0 Å². The molecule has 0 saturated heterocycles. The second-order valence-corrected chi connectivity index (χ2v) is 10.7. The molecule has 2 heteroatoms. The lowest BCUT2D eigenvalue weighted by atomic mass is 9.62. The molecule has 0 aliphatic heterocycles. The van der Waals surface area contributed by atoms with Gasteiger partial charge in [0.15, 0.2) is 11.6 Å². The third-order valence-corrected chi connectivity index (χ3v) is 8.40. The lowest BCUT2D eigenvalue weighted by molar-refractivity contribution is -0.130. The number of rotatable bonds is 10. The van der Waals surface area contributed by atoms with Gasteiger partial charge in [0.05, 0.1) is 6.42 Å². The first-order chi connectivity index (χ1) is 21.2. The van der Waals surface area contributed by atoms with Crippen molar-refractivity contribution in [3.05, 3.63) is 215 Å². The summed E-state index contributed by atoms with van der Waals surface area (Å²) in [7, 11) is 0. The van der Waals surface area contributed by atoms with E-state index in [0.29, 0.717) is 0 Å². The minimum absolute atomic E-state index is 0.173. The topological polar surface area (TPSA) is 34.1 Å². The van der Waals surface area contributed by atoms with E-state index in [1.165, 1.54) is 0 Å². The van der Waals surface area contributed by atoms with Gasteiger partial charge in [-0.2, -0.15) is 0 Å². The first-order valence-electron chi connectivity index (χ1n) is 14.6. The molecule has 0 fully saturated rings. The summed E-state index contributed by atoms with van der Waals surface area (Å²) in [4.78, 5) is 30.4. The van der Waals surface area contributed by atoms with E-state index < -0.39 is 10.8 Å². The predicted octanol–water partition coefficient (Wildman–Crippen LogP) is 8.58. The lowest BCUT2D eigenvalue weighted by Gasteiger charge is -2.38. The van der Waals surface area contributed by atoms with Crippen molar-refractivity contribution in [3.8, 4) is 0 Å². The maximum absolute atomic E-state index is 15.2. The summed E-state index contributed by atoms with van der Waals surface area (Å²) in [5, 5.41) is 0. The highest BCUT2D eigenvalue weighted by Gasteiger charge is 2.49. The third-order valence-electron chi connectivity index (χ3n) is 8.40. The number of Topliss-reactive ketones (excluding diaryl/α,β-unsaturated/α-hetero) is 2. The summed E-state index contributed by atoms with van der Waals surface area (Å²) in [5.41, 5.74) is 2.60. The lowest BCUT2D eigenvalue weighted by Crippen LogP contribution is -2.44. The summed E-state index contributed by atoms with van der Waals surface area (Å²) < 4.78 is 0. The van der Waals surface area contributed by atoms with Crippen LogP contribution in [0.1, 0.15) is 39.8 Å². The molecule has 0 spiro atoms. The highest BCUT2D eigenvalue weighted by molar-refractivity contribution is 6.13. The summed E-state index contributed by atoms with van der Waals surface area (Å²) in [6.07, 6.45) is -0.280. The fraction of sp³-hybridized carbons (Fsp3) is 0.0732. The smallest absolute Gasteiger partial charge is 0.159 e. The Morgan fingerprint density at radius 3 is 0.628 bits per heavy atom. The van der Waals surface area contributed by atoms with Crippen molar-refractivity contribution >= 4 is 11.6 Å². The van der Waals surface area contributed by atoms with Crippen molar-refractivity contribution in [2.45, 2.75) is 17.3 Å². The van der Waals surface area contributed by atoms with Crippen LogP contribution >= 0.6 is 0 Å². The second-order valence-electron chi connectivity index (χ2n) is 10.7. The Hall–Kier alpha value is -5.34. The van der Waals surface area contributed by atoms with Crippen LogP contribution in [0.5, 0.6) is 0 Å². The molecule has 43 heavy (non-hydrogen) atoms. The van der Waals surface area contributed by atoms with Crippen LogP contribution < -0.4 is 0 Å². The minimum Gasteiger partial charge on any atom is -0.297 e. The van der Waals surface area contributed by atoms with E-state index in [4.69, 9.17) is 0 Å². The van der Waals surface area contributed by atoms with Gasteiger partial charge in [0.1, 0.15) is 10.8 Å². The Bertz CT molecular complexity index is 1450. The van der Waals surface area contributed by atoms with Gasteiger partial charge in [0, 0.05) is 0 Å². The largest absolute Gasteiger partial charge is 0.297 e. The van der Waals surface area contributed by atoms with Gasteiger partial charge >= 0.3 is 0 Å². The van der Waals surface area contributed by atoms with Gasteiger partial charge < -0.3 is 0 Å². The van der Waals surface area contributed by atoms with Crippen LogP contribution in [-0.2, 0) is 20.4 Å². The Kier molecular flexibility index (Phi) is 7.93. The average molecular weight is 557 g/mol. The molecule has 0 aromatic heterocycles. The molecule has 6 aromatic carbocycles. The van der Waals surface area contributed by atoms with Gasteiger partial charge in [-0.25, -0.2) is 0 Å². The first kappa shape index (κ1) is 27.8. The zero-order chi connectivity index (χ0) is 29.5. The predicted molar refractivity (Wildman–Crippen MR) is 173 cm³/mol. The van der Waals surface area contributed by atoms with Crippen molar-refractivity contribution in [3.63, 3.8) is 0 Å². The molecule has 0 atom stereocenters. The molecular weight excluding hydrogens is 524 g/mol. The fourth-order valence-corrected chi connectivity index (χ4v) is 6.51. The quantitative estimate of drug-likeness (QED) is 0.125. The molecule has 0 aliphatic carbocycles. The maximum Gasteiger partial charge on any atom is 0.159 e. The summed E-state index contributed by atoms with van der Waals surface area (Å²) in [5.74, 6) is -0.346. The minimum atomic E-state index is -1.19. The summed E-state index contributed by atoms with van der Waals surface area (Å²) >= 11 is 0. The molecule has 0 amide bonds. The standard InChI is InChI=1S/C41H32O2/c42-38(40(32-19-7-1-8-20-32,33-21-9-2-10-22-33)34-23-11-3-12-24-34)31-39(43)41(35-25-13-4-14-26-35,36-27-15-5-16-28-36)37-29-17-6-18-30-37/h1-30H,31H2. The molecule has 0 heterocycles. The number of hydrogen-bond donors (Lipinski definition) is 0. The van der Waals surface area contributed by atoms with E-state index in [0.717, 1.165) is 33.4 Å². The van der Waals surface area contributed by atoms with Gasteiger partial charge in [-0.3, -0.25) is 9.59 Å². The Balaban J connectivity index is 1.60. The molecule has 0 bridgehead atoms. The molecule has 0 N–H and O–H groups in total. The summed E-state index contributed by atoms with van der Waals surface area (Å²) in [6, 6.07) is 59.0. The molecule has 6 rings (SSSR count). The molecule has 6 aromatic rings. The number of benzene rings is 6. The first-order valence-corrected chi connectivity index (χ1v) is 14.6. The molecule has 0 radical (unpaired) electrons. The van der Waals surface area contributed by atoms with E-state index >= 15 is 9.59 Å². The highest BCUT2D eigenvalue weighted by Crippen LogP contribution is 2.45. The van der Waals surface area contributed by atoms with Crippen LogP contribution in [0.2, 0.25) is 0 Å². The summed E-state index contributed by atoms with van der Waals surface area (Å²) in [6.45, 7) is 0. The fourth-order valence-electron chi connectivity index (χ4n) is 6.51. The second kappa shape index (κ2) is 12.3. The van der Waals surface area contributed by atoms with Crippen molar-refractivity contribution in [2.24, 2.45) is 0 Å². The van der Waals surface area contributed by atoms with E-state index in [1.54, 1.807) is 0 Å². The molecule has 208 valence electrons. The Morgan fingerprint density at radius 2 is 0.465 bits per heavy atom. The van der Waals surface area contributed by atoms with E-state index in [2.05, 4.69) is 0 Å². The number of carbonyl (C=O) groups is 2. The molecule has 0 unspecified atom stereocenters. The van der Waals surface area contributed by atoms with Crippen molar-refractivity contribution in [2.75, 3.05) is 0 Å². The van der Waals surface area contributed by atoms with Crippen molar-refractivity contribution < 1.29 is 9.59 Å². The third kappa shape index (κ3) is 4.91. The average Bonchev–Trinajstić information content (AvgIpc) is 3.08. The van der Waals surface area contributed by atoms with Gasteiger partial charge in [-0.15, -0.1) is 0 Å². The van der Waals surface area contributed by atoms with Gasteiger partial charge in [-0.05, 0) is 33.4 Å². The zero-order valence-corrected chi connectivity index (χ0v) is 23.8. The van der Waals surface area contributed by atoms with E-state index in [1.807, 2.05) is 182 Å². The molecule has 2 nitrogen and oxygen atoms in total. The van der Waals surface area contributed by atoms with Crippen molar-refractivity contribution in [1.82, 2.24) is 0 Å². The Labute approximate surface area is 253 Å². The highest BCUT2D eigenvalue weighted by atomic mass is 16.2. The van der Waals surface area contributed by atoms with E-state index in [9.17, 15) is 0 Å². The number of hydrogen-bond acceptors (Lipinski definition) is 2. The SMILES string of the molecule is O=C(CC(=O)C(c1ccccc1)(c1ccccc1)c1ccccc1)C(c1ccccc1)(c1ccccc1)c1ccccc1. The maximum atomic E-state index is 15.2. The molecule has 0 saturated carbocycles.